The van der Waals surface area contributed by atoms with E-state index in [1.807, 2.05) is 0 Å². The highest BCUT2D eigenvalue weighted by Crippen LogP contribution is 2.20. The van der Waals surface area contributed by atoms with E-state index >= 15 is 0 Å². The van der Waals surface area contributed by atoms with Crippen molar-refractivity contribution in [2.24, 2.45) is 0 Å². The molecular formula is C15H21BrN2. The highest BCUT2D eigenvalue weighted by molar-refractivity contribution is 9.11. The zero-order valence-corrected chi connectivity index (χ0v) is 12.4. The molecule has 0 atom stereocenters. The molecule has 1 aromatic carbocycles. The maximum atomic E-state index is 3.81. The molecule has 1 aliphatic heterocycles. The average Bonchev–Trinajstić information content (AvgIpc) is 2.40. The van der Waals surface area contributed by atoms with E-state index in [4.69, 9.17) is 0 Å². The van der Waals surface area contributed by atoms with Crippen molar-refractivity contribution in [3.05, 3.63) is 40.9 Å². The average molecular weight is 309 g/mol. The molecule has 2 nitrogen and oxygen atoms in total. The van der Waals surface area contributed by atoms with Crippen LogP contribution in [-0.4, -0.2) is 19.6 Å². The van der Waals surface area contributed by atoms with E-state index in [0.29, 0.717) is 0 Å². The van der Waals surface area contributed by atoms with Crippen molar-refractivity contribution in [2.75, 3.05) is 24.5 Å². The predicted octanol–water partition coefficient (Wildman–Crippen LogP) is 3.68. The summed E-state index contributed by atoms with van der Waals surface area (Å²) in [6.45, 7) is 7.93. The molecule has 1 aromatic rings. The lowest BCUT2D eigenvalue weighted by atomic mass is 10.1. The second-order valence-corrected chi connectivity index (χ2v) is 5.96. The van der Waals surface area contributed by atoms with E-state index < -0.39 is 0 Å². The SMILES string of the molecule is C=C(Br)CNCc1ccc(N2CCCCC2)cc1. The first-order chi connectivity index (χ1) is 8.75. The van der Waals surface area contributed by atoms with Gasteiger partial charge in [0, 0.05) is 36.3 Å². The van der Waals surface area contributed by atoms with Crippen LogP contribution in [0.25, 0.3) is 0 Å². The van der Waals surface area contributed by atoms with Crippen molar-refractivity contribution >= 4 is 21.6 Å². The van der Waals surface area contributed by atoms with E-state index in [0.717, 1.165) is 17.6 Å². The van der Waals surface area contributed by atoms with E-state index in [1.165, 1.54) is 43.6 Å². The van der Waals surface area contributed by atoms with Crippen molar-refractivity contribution in [3.8, 4) is 0 Å². The summed E-state index contributed by atoms with van der Waals surface area (Å²) in [5.74, 6) is 0. The van der Waals surface area contributed by atoms with Gasteiger partial charge in [-0.05, 0) is 37.0 Å². The number of nitrogens with one attached hydrogen (secondary N) is 1. The Hall–Kier alpha value is -0.800. The van der Waals surface area contributed by atoms with Gasteiger partial charge in [-0.25, -0.2) is 0 Å². The molecule has 3 heteroatoms. The van der Waals surface area contributed by atoms with Crippen LogP contribution >= 0.6 is 15.9 Å². The van der Waals surface area contributed by atoms with Crippen LogP contribution in [-0.2, 0) is 6.54 Å². The molecule has 0 saturated carbocycles. The lowest BCUT2D eigenvalue weighted by Gasteiger charge is -2.28. The highest BCUT2D eigenvalue weighted by Gasteiger charge is 2.10. The summed E-state index contributed by atoms with van der Waals surface area (Å²) in [4.78, 5) is 2.49. The van der Waals surface area contributed by atoms with Gasteiger partial charge >= 0.3 is 0 Å². The third-order valence-electron chi connectivity index (χ3n) is 3.30. The number of benzene rings is 1. The van der Waals surface area contributed by atoms with Gasteiger partial charge in [-0.3, -0.25) is 0 Å². The number of piperidine rings is 1. The first-order valence-electron chi connectivity index (χ1n) is 6.63. The monoisotopic (exact) mass is 308 g/mol. The maximum Gasteiger partial charge on any atom is 0.0366 e. The normalized spacial score (nSPS) is 15.7. The lowest BCUT2D eigenvalue weighted by Crippen LogP contribution is -2.29. The van der Waals surface area contributed by atoms with Gasteiger partial charge in [-0.2, -0.15) is 0 Å². The summed E-state index contributed by atoms with van der Waals surface area (Å²) in [5.41, 5.74) is 2.69. The Morgan fingerprint density at radius 3 is 2.44 bits per heavy atom. The van der Waals surface area contributed by atoms with Gasteiger partial charge in [0.2, 0.25) is 0 Å². The summed E-state index contributed by atoms with van der Waals surface area (Å²) in [6.07, 6.45) is 4.04. The largest absolute Gasteiger partial charge is 0.372 e. The van der Waals surface area contributed by atoms with E-state index in [1.54, 1.807) is 0 Å². The van der Waals surface area contributed by atoms with Crippen LogP contribution in [0.3, 0.4) is 0 Å². The van der Waals surface area contributed by atoms with Gasteiger partial charge in [-0.15, -0.1) is 0 Å². The Morgan fingerprint density at radius 2 is 1.83 bits per heavy atom. The predicted molar refractivity (Wildman–Crippen MR) is 82.3 cm³/mol. The Bertz CT molecular complexity index is 380. The summed E-state index contributed by atoms with van der Waals surface area (Å²) in [5, 5.41) is 3.34. The molecule has 0 radical (unpaired) electrons. The van der Waals surface area contributed by atoms with Crippen molar-refractivity contribution < 1.29 is 0 Å². The second kappa shape index (κ2) is 6.95. The molecule has 0 amide bonds. The molecule has 0 spiro atoms. The van der Waals surface area contributed by atoms with Crippen LogP contribution in [0.5, 0.6) is 0 Å². The van der Waals surface area contributed by atoms with Gasteiger partial charge in [0.1, 0.15) is 0 Å². The van der Waals surface area contributed by atoms with Crippen molar-refractivity contribution in [1.29, 1.82) is 0 Å². The molecule has 2 rings (SSSR count). The number of rotatable bonds is 5. The molecule has 1 fully saturated rings. The van der Waals surface area contributed by atoms with Crippen molar-refractivity contribution in [3.63, 3.8) is 0 Å². The fraction of sp³-hybridized carbons (Fsp3) is 0.467. The topological polar surface area (TPSA) is 15.3 Å². The van der Waals surface area contributed by atoms with Crippen LogP contribution in [0.4, 0.5) is 5.69 Å². The standard InChI is InChI=1S/C15H21BrN2/c1-13(16)11-17-12-14-5-7-15(8-6-14)18-9-3-2-4-10-18/h5-8,17H,1-4,9-12H2. The lowest BCUT2D eigenvalue weighted by molar-refractivity contribution is 0.578. The van der Waals surface area contributed by atoms with Crippen LogP contribution in [0.2, 0.25) is 0 Å². The van der Waals surface area contributed by atoms with Crippen LogP contribution < -0.4 is 10.2 Å². The second-order valence-electron chi connectivity index (χ2n) is 4.83. The third kappa shape index (κ3) is 4.14. The Balaban J connectivity index is 1.86. The fourth-order valence-electron chi connectivity index (χ4n) is 2.32. The Morgan fingerprint density at radius 1 is 1.17 bits per heavy atom. The molecule has 0 aromatic heterocycles. The Kier molecular flexibility index (Phi) is 5.26. The zero-order valence-electron chi connectivity index (χ0n) is 10.8. The summed E-state index contributed by atoms with van der Waals surface area (Å²) < 4.78 is 0.993. The summed E-state index contributed by atoms with van der Waals surface area (Å²) in [6, 6.07) is 8.92. The molecule has 1 saturated heterocycles. The van der Waals surface area contributed by atoms with Crippen LogP contribution in [0.1, 0.15) is 24.8 Å². The number of halogens is 1. The van der Waals surface area contributed by atoms with Gasteiger partial charge in [-0.1, -0.05) is 34.6 Å². The van der Waals surface area contributed by atoms with Gasteiger partial charge in [0.05, 0.1) is 0 Å². The van der Waals surface area contributed by atoms with Crippen LogP contribution in [0.15, 0.2) is 35.3 Å². The minimum absolute atomic E-state index is 0.813. The molecular weight excluding hydrogens is 288 g/mol. The van der Waals surface area contributed by atoms with Gasteiger partial charge in [0.25, 0.3) is 0 Å². The maximum absolute atomic E-state index is 3.81. The van der Waals surface area contributed by atoms with Crippen LogP contribution in [0, 0.1) is 0 Å². The molecule has 1 N–H and O–H groups in total. The van der Waals surface area contributed by atoms with Gasteiger partial charge < -0.3 is 10.2 Å². The third-order valence-corrected chi connectivity index (χ3v) is 3.58. The zero-order chi connectivity index (χ0) is 12.8. The smallest absolute Gasteiger partial charge is 0.0366 e. The molecule has 0 bridgehead atoms. The van der Waals surface area contributed by atoms with E-state index in [9.17, 15) is 0 Å². The van der Waals surface area contributed by atoms with E-state index in [-0.39, 0.29) is 0 Å². The van der Waals surface area contributed by atoms with Gasteiger partial charge in [0.15, 0.2) is 0 Å². The molecule has 0 unspecified atom stereocenters. The number of anilines is 1. The minimum Gasteiger partial charge on any atom is -0.372 e. The number of hydrogen-bond donors (Lipinski definition) is 1. The Labute approximate surface area is 118 Å². The molecule has 18 heavy (non-hydrogen) atoms. The fourth-order valence-corrected chi connectivity index (χ4v) is 2.52. The van der Waals surface area contributed by atoms with Crippen molar-refractivity contribution in [2.45, 2.75) is 25.8 Å². The molecule has 0 aliphatic carbocycles. The number of nitrogens with zero attached hydrogens (tertiary/aromatic N) is 1. The number of hydrogen-bond acceptors (Lipinski definition) is 2. The van der Waals surface area contributed by atoms with Crippen molar-refractivity contribution in [1.82, 2.24) is 5.32 Å². The first-order valence-corrected chi connectivity index (χ1v) is 7.43. The minimum atomic E-state index is 0.813. The molecule has 1 aliphatic rings. The summed E-state index contributed by atoms with van der Waals surface area (Å²) in [7, 11) is 0. The summed E-state index contributed by atoms with van der Waals surface area (Å²) >= 11 is 3.35. The molecule has 98 valence electrons. The first kappa shape index (κ1) is 13.6. The highest BCUT2D eigenvalue weighted by atomic mass is 79.9. The quantitative estimate of drug-likeness (QED) is 0.892. The van der Waals surface area contributed by atoms with E-state index in [2.05, 4.69) is 57.0 Å². The molecule has 1 heterocycles.